The van der Waals surface area contributed by atoms with Crippen LogP contribution in [0.3, 0.4) is 0 Å². The molecule has 0 radical (unpaired) electrons. The van der Waals surface area contributed by atoms with Crippen LogP contribution < -0.4 is 14.8 Å². The summed E-state index contributed by atoms with van der Waals surface area (Å²) in [5.41, 5.74) is 0.612. The van der Waals surface area contributed by atoms with Crippen LogP contribution >= 0.6 is 11.6 Å². The molecule has 0 bridgehead atoms. The summed E-state index contributed by atoms with van der Waals surface area (Å²) in [4.78, 5) is 28.0. The van der Waals surface area contributed by atoms with Crippen LogP contribution in [0.15, 0.2) is 41.0 Å². The van der Waals surface area contributed by atoms with Crippen LogP contribution in [0.25, 0.3) is 0 Å². The van der Waals surface area contributed by atoms with Crippen molar-refractivity contribution in [1.82, 2.24) is 10.2 Å². The van der Waals surface area contributed by atoms with Crippen molar-refractivity contribution in [2.45, 2.75) is 70.7 Å². The Labute approximate surface area is 200 Å². The zero-order valence-corrected chi connectivity index (χ0v) is 20.3. The van der Waals surface area contributed by atoms with Gasteiger partial charge in [-0.3, -0.25) is 9.59 Å². The van der Waals surface area contributed by atoms with Crippen LogP contribution in [0.1, 0.15) is 63.3 Å². The number of hydrogen-bond acceptors (Lipinski definition) is 5. The third kappa shape index (κ3) is 6.67. The number of benzene rings is 1. The number of rotatable bonds is 10. The summed E-state index contributed by atoms with van der Waals surface area (Å²) in [6.07, 6.45) is 6.72. The second-order valence-corrected chi connectivity index (χ2v) is 8.82. The molecular formula is C25H33ClN2O5. The number of halogens is 1. The summed E-state index contributed by atoms with van der Waals surface area (Å²) >= 11 is 5.96. The number of nitrogens with one attached hydrogen (secondary N) is 1. The summed E-state index contributed by atoms with van der Waals surface area (Å²) in [6.45, 7) is 3.98. The predicted molar refractivity (Wildman–Crippen MR) is 126 cm³/mol. The van der Waals surface area contributed by atoms with Crippen molar-refractivity contribution in [3.8, 4) is 11.5 Å². The Morgan fingerprint density at radius 1 is 1.18 bits per heavy atom. The fourth-order valence-electron chi connectivity index (χ4n) is 4.18. The molecule has 1 aromatic heterocycles. The summed E-state index contributed by atoms with van der Waals surface area (Å²) in [6, 6.07) is 8.02. The van der Waals surface area contributed by atoms with Crippen molar-refractivity contribution < 1.29 is 23.5 Å². The van der Waals surface area contributed by atoms with Gasteiger partial charge in [-0.1, -0.05) is 25.3 Å². The first-order valence-electron chi connectivity index (χ1n) is 11.5. The number of carbonyl (C=O) groups is 2. The van der Waals surface area contributed by atoms with Crippen molar-refractivity contribution in [3.05, 3.63) is 47.9 Å². The monoisotopic (exact) mass is 476 g/mol. The lowest BCUT2D eigenvalue weighted by Crippen LogP contribution is -2.47. The third-order valence-electron chi connectivity index (χ3n) is 5.72. The number of alkyl halides is 1. The van der Waals surface area contributed by atoms with Crippen LogP contribution in [0.4, 0.5) is 0 Å². The quantitative estimate of drug-likeness (QED) is 0.496. The van der Waals surface area contributed by atoms with Gasteiger partial charge in [0.2, 0.25) is 11.8 Å². The highest BCUT2D eigenvalue weighted by Gasteiger charge is 2.34. The molecule has 0 unspecified atom stereocenters. The summed E-state index contributed by atoms with van der Waals surface area (Å²) in [5, 5.41) is 3.16. The average molecular weight is 477 g/mol. The fraction of sp³-hybridized carbons (Fsp3) is 0.520. The first-order chi connectivity index (χ1) is 15.9. The predicted octanol–water partition coefficient (Wildman–Crippen LogP) is 4.83. The Balaban J connectivity index is 1.99. The second-order valence-electron chi connectivity index (χ2n) is 8.56. The van der Waals surface area contributed by atoms with E-state index in [4.69, 9.17) is 25.5 Å². The van der Waals surface area contributed by atoms with Crippen molar-refractivity contribution >= 4 is 23.4 Å². The summed E-state index contributed by atoms with van der Waals surface area (Å²) in [7, 11) is 1.55. The summed E-state index contributed by atoms with van der Waals surface area (Å²) in [5.74, 6) is 0.775. The third-order valence-corrected chi connectivity index (χ3v) is 5.95. The molecule has 8 heteroatoms. The van der Waals surface area contributed by atoms with E-state index in [1.165, 1.54) is 17.6 Å². The highest BCUT2D eigenvalue weighted by Crippen LogP contribution is 2.34. The zero-order valence-electron chi connectivity index (χ0n) is 19.5. The lowest BCUT2D eigenvalue weighted by Gasteiger charge is -2.33. The Morgan fingerprint density at radius 2 is 1.94 bits per heavy atom. The van der Waals surface area contributed by atoms with Crippen LogP contribution in [0, 0.1) is 0 Å². The van der Waals surface area contributed by atoms with Crippen molar-refractivity contribution in [2.75, 3.05) is 13.0 Å². The number of nitrogens with zero attached hydrogens (tertiary/aromatic N) is 1. The van der Waals surface area contributed by atoms with E-state index < -0.39 is 6.04 Å². The molecule has 0 saturated heterocycles. The van der Waals surface area contributed by atoms with E-state index in [0.29, 0.717) is 22.8 Å². The largest absolute Gasteiger partial charge is 0.493 e. The fourth-order valence-corrected chi connectivity index (χ4v) is 4.33. The average Bonchev–Trinajstić information content (AvgIpc) is 3.32. The molecule has 0 spiro atoms. The van der Waals surface area contributed by atoms with Gasteiger partial charge >= 0.3 is 0 Å². The van der Waals surface area contributed by atoms with Gasteiger partial charge in [0, 0.05) is 6.04 Å². The van der Waals surface area contributed by atoms with Crippen LogP contribution in [-0.2, 0) is 16.1 Å². The normalized spacial score (nSPS) is 15.2. The molecule has 1 heterocycles. The SMILES string of the molecule is COc1cc([C@@H](C(=O)NC2CCCCC2)N(Cc2ccco2)C(=O)CCl)ccc1OC(C)C. The molecule has 1 saturated carbocycles. The van der Waals surface area contributed by atoms with Gasteiger partial charge in [0.05, 0.1) is 26.0 Å². The highest BCUT2D eigenvalue weighted by atomic mass is 35.5. The Bertz CT molecular complexity index is 910. The number of hydrogen-bond donors (Lipinski definition) is 1. The minimum atomic E-state index is -0.898. The van der Waals surface area contributed by atoms with Gasteiger partial charge in [-0.05, 0) is 56.5 Å². The lowest BCUT2D eigenvalue weighted by molar-refractivity contribution is -0.140. The van der Waals surface area contributed by atoms with Gasteiger partial charge < -0.3 is 24.1 Å². The molecule has 1 aliphatic rings. The Hall–Kier alpha value is -2.67. The van der Waals surface area contributed by atoms with Gasteiger partial charge in [-0.15, -0.1) is 11.6 Å². The van der Waals surface area contributed by atoms with E-state index in [0.717, 1.165) is 25.7 Å². The zero-order chi connectivity index (χ0) is 23.8. The minimum absolute atomic E-state index is 0.0385. The van der Waals surface area contributed by atoms with Crippen molar-refractivity contribution in [2.24, 2.45) is 0 Å². The number of methoxy groups -OCH3 is 1. The molecule has 3 rings (SSSR count). The number of ether oxygens (including phenoxy) is 2. The lowest BCUT2D eigenvalue weighted by atomic mass is 9.94. The van der Waals surface area contributed by atoms with Gasteiger partial charge in [-0.2, -0.15) is 0 Å². The van der Waals surface area contributed by atoms with E-state index in [1.54, 1.807) is 37.4 Å². The highest BCUT2D eigenvalue weighted by molar-refractivity contribution is 6.27. The topological polar surface area (TPSA) is 81.0 Å². The van der Waals surface area contributed by atoms with E-state index in [1.807, 2.05) is 13.8 Å². The molecule has 1 fully saturated rings. The van der Waals surface area contributed by atoms with E-state index in [9.17, 15) is 9.59 Å². The second kappa shape index (κ2) is 12.0. The van der Waals surface area contributed by atoms with Crippen LogP contribution in [0.5, 0.6) is 11.5 Å². The maximum absolute atomic E-state index is 13.6. The molecule has 1 atom stereocenters. The van der Waals surface area contributed by atoms with Crippen LogP contribution in [0.2, 0.25) is 0 Å². The summed E-state index contributed by atoms with van der Waals surface area (Å²) < 4.78 is 16.8. The maximum Gasteiger partial charge on any atom is 0.247 e. The number of carbonyl (C=O) groups excluding carboxylic acids is 2. The molecular weight excluding hydrogens is 444 g/mol. The molecule has 7 nitrogen and oxygen atoms in total. The van der Waals surface area contributed by atoms with Gasteiger partial charge in [0.25, 0.3) is 0 Å². The van der Waals surface area contributed by atoms with Gasteiger partial charge in [-0.25, -0.2) is 0 Å². The molecule has 1 aromatic carbocycles. The number of amides is 2. The Morgan fingerprint density at radius 3 is 2.55 bits per heavy atom. The minimum Gasteiger partial charge on any atom is -0.493 e. The van der Waals surface area contributed by atoms with Crippen molar-refractivity contribution in [1.29, 1.82) is 0 Å². The molecule has 2 amide bonds. The van der Waals surface area contributed by atoms with Crippen LogP contribution in [-0.4, -0.2) is 41.8 Å². The molecule has 1 N–H and O–H groups in total. The van der Waals surface area contributed by atoms with E-state index >= 15 is 0 Å². The van der Waals surface area contributed by atoms with E-state index in [2.05, 4.69) is 5.32 Å². The molecule has 0 aliphatic heterocycles. The Kier molecular flexibility index (Phi) is 9.06. The smallest absolute Gasteiger partial charge is 0.247 e. The first kappa shape index (κ1) is 25.0. The van der Waals surface area contributed by atoms with Crippen molar-refractivity contribution in [3.63, 3.8) is 0 Å². The van der Waals surface area contributed by atoms with E-state index in [-0.39, 0.29) is 36.4 Å². The van der Waals surface area contributed by atoms with Gasteiger partial charge in [0.15, 0.2) is 11.5 Å². The first-order valence-corrected chi connectivity index (χ1v) is 12.0. The van der Waals surface area contributed by atoms with Gasteiger partial charge in [0.1, 0.15) is 17.7 Å². The molecule has 180 valence electrons. The number of furan rings is 1. The molecule has 2 aromatic rings. The molecule has 1 aliphatic carbocycles. The standard InChI is InChI=1S/C25H33ClN2O5/c1-17(2)33-21-12-11-18(14-22(21)31-3)24(25(30)27-19-8-5-4-6-9-19)28(23(29)15-26)16-20-10-7-13-32-20/h7,10-14,17,19,24H,4-6,8-9,15-16H2,1-3H3,(H,27,30)/t24-/m0/s1. The maximum atomic E-state index is 13.6. The molecule has 33 heavy (non-hydrogen) atoms.